The average Bonchev–Trinajstić information content (AvgIpc) is 2.92. The largest absolute Gasteiger partial charge is 0.340 e. The second-order valence-corrected chi connectivity index (χ2v) is 7.30. The van der Waals surface area contributed by atoms with E-state index < -0.39 is 6.04 Å². The first-order chi connectivity index (χ1) is 12.5. The number of hydrogen-bond donors (Lipinski definition) is 2. The van der Waals surface area contributed by atoms with E-state index >= 15 is 0 Å². The van der Waals surface area contributed by atoms with Crippen molar-refractivity contribution in [3.8, 4) is 0 Å². The lowest BCUT2D eigenvalue weighted by Crippen LogP contribution is -2.47. The number of rotatable bonds is 4. The Kier molecular flexibility index (Phi) is 6.10. The highest BCUT2D eigenvalue weighted by atomic mass is 32.2. The Balaban J connectivity index is 1.47. The number of amides is 3. The molecule has 2 saturated heterocycles. The second kappa shape index (κ2) is 8.50. The van der Waals surface area contributed by atoms with Gasteiger partial charge in [-0.25, -0.2) is 4.39 Å². The van der Waals surface area contributed by atoms with E-state index in [-0.39, 0.29) is 29.4 Å². The fraction of sp³-hybridized carbons (Fsp3) is 0.471. The number of carbonyl (C=O) groups excluding carboxylic acids is 3. The highest BCUT2D eigenvalue weighted by Gasteiger charge is 2.32. The number of carbonyl (C=O) groups is 3. The van der Waals surface area contributed by atoms with Crippen LogP contribution in [0.25, 0.3) is 0 Å². The van der Waals surface area contributed by atoms with Gasteiger partial charge in [-0.15, -0.1) is 0 Å². The van der Waals surface area contributed by atoms with Crippen LogP contribution in [0.4, 0.5) is 14.9 Å². The van der Waals surface area contributed by atoms with Gasteiger partial charge in [0.25, 0.3) is 5.24 Å². The summed E-state index contributed by atoms with van der Waals surface area (Å²) in [6, 6.07) is 5.19. The molecule has 2 N–H and O–H groups in total. The minimum absolute atomic E-state index is 0.0547. The van der Waals surface area contributed by atoms with Crippen molar-refractivity contribution >= 4 is 34.5 Å². The molecule has 2 aliphatic rings. The summed E-state index contributed by atoms with van der Waals surface area (Å²) in [5.74, 6) is -0.105. The van der Waals surface area contributed by atoms with E-state index in [0.717, 1.165) is 18.2 Å². The van der Waals surface area contributed by atoms with E-state index in [2.05, 4.69) is 10.6 Å². The van der Waals surface area contributed by atoms with Crippen LogP contribution in [-0.2, 0) is 9.59 Å². The van der Waals surface area contributed by atoms with Crippen molar-refractivity contribution in [2.75, 3.05) is 43.8 Å². The molecule has 0 saturated carbocycles. The Morgan fingerprint density at radius 1 is 1.19 bits per heavy atom. The third kappa shape index (κ3) is 4.95. The van der Waals surface area contributed by atoms with Crippen molar-refractivity contribution in [1.29, 1.82) is 0 Å². The molecule has 3 amide bonds. The first kappa shape index (κ1) is 18.7. The van der Waals surface area contributed by atoms with Gasteiger partial charge in [0.2, 0.25) is 11.8 Å². The molecule has 0 aliphatic carbocycles. The van der Waals surface area contributed by atoms with Crippen LogP contribution in [0.5, 0.6) is 0 Å². The van der Waals surface area contributed by atoms with Gasteiger partial charge < -0.3 is 15.5 Å². The molecule has 1 unspecified atom stereocenters. The standard InChI is InChI=1S/C17H21FN4O3S/c18-12-2-4-13(5-3-12)19-15(23)10-21-6-1-7-22(9-8-21)16(24)14-11-26-17(25)20-14/h2-5,14H,1,6-11H2,(H,19,23)(H,20,25). The van der Waals surface area contributed by atoms with E-state index in [1.54, 1.807) is 4.90 Å². The Morgan fingerprint density at radius 2 is 1.96 bits per heavy atom. The Labute approximate surface area is 155 Å². The summed E-state index contributed by atoms with van der Waals surface area (Å²) in [6.07, 6.45) is 0.767. The summed E-state index contributed by atoms with van der Waals surface area (Å²) in [5, 5.41) is 5.26. The van der Waals surface area contributed by atoms with E-state index in [1.165, 1.54) is 24.3 Å². The van der Waals surface area contributed by atoms with Crippen LogP contribution in [-0.4, -0.2) is 71.4 Å². The Morgan fingerprint density at radius 3 is 2.65 bits per heavy atom. The number of anilines is 1. The first-order valence-corrected chi connectivity index (χ1v) is 9.50. The summed E-state index contributed by atoms with van der Waals surface area (Å²) >= 11 is 1.13. The van der Waals surface area contributed by atoms with Crippen molar-refractivity contribution in [3.63, 3.8) is 0 Å². The molecule has 140 valence electrons. The van der Waals surface area contributed by atoms with Gasteiger partial charge in [-0.2, -0.15) is 0 Å². The molecular weight excluding hydrogens is 359 g/mol. The van der Waals surface area contributed by atoms with Crippen LogP contribution in [0.1, 0.15) is 6.42 Å². The summed E-state index contributed by atoms with van der Waals surface area (Å²) in [6.45, 7) is 2.67. The van der Waals surface area contributed by atoms with Crippen molar-refractivity contribution in [1.82, 2.24) is 15.1 Å². The van der Waals surface area contributed by atoms with E-state index in [1.807, 2.05) is 4.90 Å². The third-order valence-electron chi connectivity index (χ3n) is 4.37. The van der Waals surface area contributed by atoms with Gasteiger partial charge in [-0.1, -0.05) is 11.8 Å². The van der Waals surface area contributed by atoms with Gasteiger partial charge in [0, 0.05) is 37.6 Å². The lowest BCUT2D eigenvalue weighted by Gasteiger charge is -2.24. The zero-order valence-corrected chi connectivity index (χ0v) is 15.1. The highest BCUT2D eigenvalue weighted by molar-refractivity contribution is 8.14. The van der Waals surface area contributed by atoms with Crippen molar-refractivity contribution in [3.05, 3.63) is 30.1 Å². The minimum Gasteiger partial charge on any atom is -0.340 e. The molecule has 3 rings (SSSR count). The number of thioether (sulfide) groups is 1. The number of benzene rings is 1. The summed E-state index contributed by atoms with van der Waals surface area (Å²) in [4.78, 5) is 39.6. The third-order valence-corrected chi connectivity index (χ3v) is 5.25. The van der Waals surface area contributed by atoms with Gasteiger partial charge in [0.05, 0.1) is 6.54 Å². The smallest absolute Gasteiger partial charge is 0.279 e. The molecule has 7 nitrogen and oxygen atoms in total. The maximum Gasteiger partial charge on any atom is 0.279 e. The van der Waals surface area contributed by atoms with Crippen LogP contribution in [0.15, 0.2) is 24.3 Å². The van der Waals surface area contributed by atoms with Crippen LogP contribution >= 0.6 is 11.8 Å². The minimum atomic E-state index is -0.444. The topological polar surface area (TPSA) is 81.8 Å². The summed E-state index contributed by atoms with van der Waals surface area (Å²) < 4.78 is 12.9. The van der Waals surface area contributed by atoms with Crippen LogP contribution in [0, 0.1) is 5.82 Å². The number of nitrogens with zero attached hydrogens (tertiary/aromatic N) is 2. The fourth-order valence-electron chi connectivity index (χ4n) is 3.02. The summed E-state index contributed by atoms with van der Waals surface area (Å²) in [7, 11) is 0. The molecule has 2 heterocycles. The molecule has 2 aliphatic heterocycles. The number of hydrogen-bond acceptors (Lipinski definition) is 5. The molecule has 0 radical (unpaired) electrons. The fourth-order valence-corrected chi connectivity index (χ4v) is 3.79. The molecule has 0 aromatic heterocycles. The number of halogens is 1. The molecule has 1 aromatic rings. The van der Waals surface area contributed by atoms with Crippen LogP contribution < -0.4 is 10.6 Å². The Hall–Kier alpha value is -2.13. The zero-order valence-electron chi connectivity index (χ0n) is 14.2. The number of nitrogens with one attached hydrogen (secondary N) is 2. The van der Waals surface area contributed by atoms with Crippen molar-refractivity contribution in [2.45, 2.75) is 12.5 Å². The van der Waals surface area contributed by atoms with Crippen LogP contribution in [0.2, 0.25) is 0 Å². The zero-order chi connectivity index (χ0) is 18.5. The normalized spacial score (nSPS) is 21.2. The van der Waals surface area contributed by atoms with E-state index in [9.17, 15) is 18.8 Å². The van der Waals surface area contributed by atoms with Crippen LogP contribution in [0.3, 0.4) is 0 Å². The molecule has 2 fully saturated rings. The van der Waals surface area contributed by atoms with Crippen molar-refractivity contribution in [2.24, 2.45) is 0 Å². The predicted molar refractivity (Wildman–Crippen MR) is 97.4 cm³/mol. The van der Waals surface area contributed by atoms with E-state index in [4.69, 9.17) is 0 Å². The molecule has 1 atom stereocenters. The molecule has 0 bridgehead atoms. The SMILES string of the molecule is O=C(CN1CCCN(C(=O)C2CSC(=O)N2)CC1)Nc1ccc(F)cc1. The average molecular weight is 380 g/mol. The van der Waals surface area contributed by atoms with Gasteiger partial charge in [-0.05, 0) is 30.7 Å². The predicted octanol–water partition coefficient (Wildman–Crippen LogP) is 1.12. The lowest BCUT2D eigenvalue weighted by molar-refractivity contribution is -0.132. The second-order valence-electron chi connectivity index (χ2n) is 6.31. The molecule has 9 heteroatoms. The maximum atomic E-state index is 12.9. The monoisotopic (exact) mass is 380 g/mol. The molecule has 0 spiro atoms. The first-order valence-electron chi connectivity index (χ1n) is 8.51. The van der Waals surface area contributed by atoms with Gasteiger partial charge in [0.15, 0.2) is 0 Å². The highest BCUT2D eigenvalue weighted by Crippen LogP contribution is 2.16. The maximum absolute atomic E-state index is 12.9. The van der Waals surface area contributed by atoms with Crippen molar-refractivity contribution < 1.29 is 18.8 Å². The van der Waals surface area contributed by atoms with Gasteiger partial charge in [-0.3, -0.25) is 19.3 Å². The summed E-state index contributed by atoms with van der Waals surface area (Å²) in [5.41, 5.74) is 0.553. The van der Waals surface area contributed by atoms with E-state index in [0.29, 0.717) is 37.6 Å². The molecule has 26 heavy (non-hydrogen) atoms. The van der Waals surface area contributed by atoms with Gasteiger partial charge >= 0.3 is 0 Å². The quantitative estimate of drug-likeness (QED) is 0.818. The lowest BCUT2D eigenvalue weighted by atomic mass is 10.2. The van der Waals surface area contributed by atoms with Gasteiger partial charge in [0.1, 0.15) is 11.9 Å². The molecule has 1 aromatic carbocycles. The molecular formula is C17H21FN4O3S. The Bertz CT molecular complexity index is 685.